The number of aromatic amines is 1. The zero-order valence-electron chi connectivity index (χ0n) is 11.8. The molecule has 0 atom stereocenters. The lowest BCUT2D eigenvalue weighted by atomic mass is 10.1. The van der Waals surface area contributed by atoms with E-state index < -0.39 is 11.7 Å². The molecule has 0 saturated carbocycles. The Kier molecular flexibility index (Phi) is 4.81. The van der Waals surface area contributed by atoms with Gasteiger partial charge in [0, 0.05) is 11.1 Å². The molecule has 0 aliphatic heterocycles. The predicted molar refractivity (Wildman–Crippen MR) is 97.2 cm³/mol. The van der Waals surface area contributed by atoms with Crippen molar-refractivity contribution < 1.29 is 13.2 Å². The molecule has 24 heavy (non-hydrogen) atoms. The maximum absolute atomic E-state index is 12.8. The molecule has 3 rings (SSSR count). The first-order valence-corrected chi connectivity index (χ1v) is 8.48. The highest BCUT2D eigenvalue weighted by Crippen LogP contribution is 2.42. The molecule has 8 heteroatoms. The van der Waals surface area contributed by atoms with E-state index in [1.165, 1.54) is 0 Å². The quantitative estimate of drug-likeness (QED) is 0.406. The molecule has 0 radical (unpaired) electrons. The molecule has 1 N–H and O–H groups in total. The second-order valence-corrected chi connectivity index (χ2v) is 6.83. The molecular weight excluding hydrogens is 475 g/mol. The fourth-order valence-corrected chi connectivity index (χ4v) is 3.76. The maximum Gasteiger partial charge on any atom is 0.416 e. The van der Waals surface area contributed by atoms with Crippen LogP contribution in [-0.2, 0) is 6.18 Å². The third kappa shape index (κ3) is 3.27. The number of rotatable bonds is 2. The Labute approximate surface area is 159 Å². The van der Waals surface area contributed by atoms with Crippen LogP contribution in [0.3, 0.4) is 0 Å². The highest BCUT2D eigenvalue weighted by molar-refractivity contribution is 14.1. The van der Waals surface area contributed by atoms with Crippen LogP contribution in [0.15, 0.2) is 42.5 Å². The van der Waals surface area contributed by atoms with E-state index in [9.17, 15) is 13.2 Å². The SMILES string of the molecule is FC(F)(F)c1cc(Cl)c(-c2[nH]nc(-c3ccccc3)c2I)c(Cl)c1. The molecule has 0 amide bonds. The van der Waals surface area contributed by atoms with Crippen molar-refractivity contribution in [3.63, 3.8) is 0 Å². The number of alkyl halides is 3. The first kappa shape index (κ1) is 17.6. The minimum absolute atomic E-state index is 0.0870. The van der Waals surface area contributed by atoms with Gasteiger partial charge >= 0.3 is 6.18 Å². The summed E-state index contributed by atoms with van der Waals surface area (Å²) in [6.07, 6.45) is -4.51. The predicted octanol–water partition coefficient (Wildman–Crippen LogP) is 6.67. The van der Waals surface area contributed by atoms with Crippen molar-refractivity contribution in [3.8, 4) is 22.5 Å². The van der Waals surface area contributed by atoms with Crippen LogP contribution < -0.4 is 0 Å². The molecule has 0 unspecified atom stereocenters. The lowest BCUT2D eigenvalue weighted by molar-refractivity contribution is -0.137. The molecule has 2 nitrogen and oxygen atoms in total. The van der Waals surface area contributed by atoms with Crippen LogP contribution in [0.2, 0.25) is 10.0 Å². The van der Waals surface area contributed by atoms with Gasteiger partial charge in [-0.1, -0.05) is 53.5 Å². The summed E-state index contributed by atoms with van der Waals surface area (Å²) in [4.78, 5) is 0. The van der Waals surface area contributed by atoms with Gasteiger partial charge in [0.2, 0.25) is 0 Å². The van der Waals surface area contributed by atoms with Crippen molar-refractivity contribution in [3.05, 3.63) is 61.6 Å². The normalized spacial score (nSPS) is 11.8. The largest absolute Gasteiger partial charge is 0.416 e. The number of nitrogens with zero attached hydrogens (tertiary/aromatic N) is 1. The summed E-state index contributed by atoms with van der Waals surface area (Å²) in [6, 6.07) is 11.1. The lowest BCUT2D eigenvalue weighted by Crippen LogP contribution is -2.05. The van der Waals surface area contributed by atoms with Crippen LogP contribution in [0.5, 0.6) is 0 Å². The minimum Gasteiger partial charge on any atom is -0.276 e. The van der Waals surface area contributed by atoms with Crippen LogP contribution in [0, 0.1) is 3.57 Å². The Morgan fingerprint density at radius 2 is 1.58 bits per heavy atom. The molecule has 0 aliphatic carbocycles. The monoisotopic (exact) mass is 482 g/mol. The lowest BCUT2D eigenvalue weighted by Gasteiger charge is -2.11. The van der Waals surface area contributed by atoms with Crippen molar-refractivity contribution in [2.45, 2.75) is 6.18 Å². The molecule has 3 aromatic rings. The summed E-state index contributed by atoms with van der Waals surface area (Å²) in [5, 5.41) is 6.89. The maximum atomic E-state index is 12.8. The summed E-state index contributed by atoms with van der Waals surface area (Å²) in [7, 11) is 0. The van der Waals surface area contributed by atoms with E-state index in [0.717, 1.165) is 21.3 Å². The number of benzene rings is 2. The molecule has 0 aliphatic rings. The first-order valence-electron chi connectivity index (χ1n) is 6.65. The second kappa shape index (κ2) is 6.57. The van der Waals surface area contributed by atoms with Gasteiger partial charge in [-0.05, 0) is 34.7 Å². The van der Waals surface area contributed by atoms with E-state index in [1.54, 1.807) is 0 Å². The molecule has 0 saturated heterocycles. The van der Waals surface area contributed by atoms with Crippen LogP contribution in [0.1, 0.15) is 5.56 Å². The van der Waals surface area contributed by atoms with Crippen LogP contribution in [-0.4, -0.2) is 10.2 Å². The Hall–Kier alpha value is -1.25. The second-order valence-electron chi connectivity index (χ2n) is 4.94. The number of H-pyrrole nitrogens is 1. The number of hydrogen-bond acceptors (Lipinski definition) is 1. The number of aromatic nitrogens is 2. The zero-order chi connectivity index (χ0) is 17.5. The zero-order valence-corrected chi connectivity index (χ0v) is 15.4. The number of hydrogen-bond donors (Lipinski definition) is 1. The molecule has 1 aromatic heterocycles. The van der Waals surface area contributed by atoms with Crippen molar-refractivity contribution in [1.29, 1.82) is 0 Å². The molecular formula is C16H8Cl2F3IN2. The Bertz CT molecular complexity index is 869. The highest BCUT2D eigenvalue weighted by Gasteiger charge is 2.32. The fourth-order valence-electron chi connectivity index (χ4n) is 2.26. The van der Waals surface area contributed by atoms with Gasteiger partial charge in [-0.3, -0.25) is 5.10 Å². The molecule has 1 heterocycles. The third-order valence-electron chi connectivity index (χ3n) is 3.37. The van der Waals surface area contributed by atoms with E-state index in [1.807, 2.05) is 30.3 Å². The average molecular weight is 483 g/mol. The topological polar surface area (TPSA) is 28.7 Å². The van der Waals surface area contributed by atoms with Crippen molar-refractivity contribution in [2.24, 2.45) is 0 Å². The average Bonchev–Trinajstić information content (AvgIpc) is 2.88. The summed E-state index contributed by atoms with van der Waals surface area (Å²) in [5.41, 5.74) is 1.45. The van der Waals surface area contributed by atoms with Gasteiger partial charge in [-0.2, -0.15) is 18.3 Å². The number of nitrogens with one attached hydrogen (secondary N) is 1. The Morgan fingerprint density at radius 3 is 2.12 bits per heavy atom. The van der Waals surface area contributed by atoms with E-state index >= 15 is 0 Å². The van der Waals surface area contributed by atoms with Crippen molar-refractivity contribution >= 4 is 45.8 Å². The third-order valence-corrected chi connectivity index (χ3v) is 5.02. The summed E-state index contributed by atoms with van der Waals surface area (Å²) < 4.78 is 39.3. The van der Waals surface area contributed by atoms with Gasteiger partial charge in [0.25, 0.3) is 0 Å². The summed E-state index contributed by atoms with van der Waals surface area (Å²) >= 11 is 14.2. The minimum atomic E-state index is -4.51. The van der Waals surface area contributed by atoms with Crippen LogP contribution in [0.4, 0.5) is 13.2 Å². The standard InChI is InChI=1S/C16H8Cl2F3IN2/c17-10-6-9(16(19,20)21)7-11(18)12(10)15-13(22)14(23-24-15)8-4-2-1-3-5-8/h1-7H,(H,23,24). The molecule has 0 spiro atoms. The van der Waals surface area contributed by atoms with E-state index in [-0.39, 0.29) is 10.0 Å². The number of halogens is 6. The highest BCUT2D eigenvalue weighted by atomic mass is 127. The molecule has 0 fully saturated rings. The van der Waals surface area contributed by atoms with Gasteiger partial charge in [-0.25, -0.2) is 0 Å². The summed E-state index contributed by atoms with van der Waals surface area (Å²) in [5.74, 6) is 0. The van der Waals surface area contributed by atoms with E-state index in [2.05, 4.69) is 32.8 Å². The Balaban J connectivity index is 2.13. The van der Waals surface area contributed by atoms with E-state index in [0.29, 0.717) is 17.0 Å². The first-order chi connectivity index (χ1) is 11.3. The van der Waals surface area contributed by atoms with Gasteiger partial charge in [-0.15, -0.1) is 0 Å². The summed E-state index contributed by atoms with van der Waals surface area (Å²) in [6.45, 7) is 0. The molecule has 2 aromatic carbocycles. The van der Waals surface area contributed by atoms with Crippen LogP contribution >= 0.6 is 45.8 Å². The van der Waals surface area contributed by atoms with Crippen molar-refractivity contribution in [1.82, 2.24) is 10.2 Å². The van der Waals surface area contributed by atoms with Crippen molar-refractivity contribution in [2.75, 3.05) is 0 Å². The van der Waals surface area contributed by atoms with Gasteiger partial charge in [0.15, 0.2) is 0 Å². The molecule has 0 bridgehead atoms. The van der Waals surface area contributed by atoms with Crippen LogP contribution in [0.25, 0.3) is 22.5 Å². The van der Waals surface area contributed by atoms with Gasteiger partial charge in [0.05, 0.1) is 24.9 Å². The Morgan fingerprint density at radius 1 is 1.00 bits per heavy atom. The molecule has 124 valence electrons. The fraction of sp³-hybridized carbons (Fsp3) is 0.0625. The smallest absolute Gasteiger partial charge is 0.276 e. The van der Waals surface area contributed by atoms with Gasteiger partial charge in [0.1, 0.15) is 5.69 Å². The van der Waals surface area contributed by atoms with E-state index in [4.69, 9.17) is 23.2 Å². The van der Waals surface area contributed by atoms with Gasteiger partial charge < -0.3 is 0 Å².